The molecule has 8 nitrogen and oxygen atoms in total. The van der Waals surface area contributed by atoms with E-state index in [4.69, 9.17) is 9.47 Å². The molecule has 1 aliphatic heterocycles. The van der Waals surface area contributed by atoms with Crippen LogP contribution in [-0.4, -0.2) is 70.1 Å². The van der Waals surface area contributed by atoms with Gasteiger partial charge < -0.3 is 19.7 Å². The zero-order valence-electron chi connectivity index (χ0n) is 21.5. The number of amides is 1. The molecule has 3 heterocycles. The fraction of sp³-hybridized carbons (Fsp3) is 0.654. The summed E-state index contributed by atoms with van der Waals surface area (Å²) < 4.78 is 50.6. The number of rotatable bonds is 9. The third-order valence-corrected chi connectivity index (χ3v) is 7.28. The minimum Gasteiger partial charge on any atom is -0.480 e. The minimum atomic E-state index is -4.41. The van der Waals surface area contributed by atoms with Crippen molar-refractivity contribution in [2.75, 3.05) is 26.2 Å². The van der Waals surface area contributed by atoms with Gasteiger partial charge in [0.15, 0.2) is 18.5 Å². The first-order chi connectivity index (χ1) is 17.7. The minimum absolute atomic E-state index is 0.00714. The molecule has 37 heavy (non-hydrogen) atoms. The first kappa shape index (κ1) is 27.2. The number of aryl methyl sites for hydroxylation is 1. The molecule has 1 amide bonds. The van der Waals surface area contributed by atoms with Gasteiger partial charge in [-0.15, -0.1) is 0 Å². The van der Waals surface area contributed by atoms with Crippen LogP contribution in [0, 0.1) is 5.92 Å². The number of aromatic nitrogens is 3. The molecule has 204 valence electrons. The highest BCUT2D eigenvalue weighted by Crippen LogP contribution is 2.28. The normalized spacial score (nSPS) is 21.5. The smallest absolute Gasteiger partial charge is 0.425 e. The van der Waals surface area contributed by atoms with E-state index in [9.17, 15) is 18.0 Å². The average Bonchev–Trinajstić information content (AvgIpc) is 3.17. The number of hydrogen-bond donors (Lipinski definition) is 1. The quantitative estimate of drug-likeness (QED) is 0.540. The van der Waals surface area contributed by atoms with Gasteiger partial charge in [-0.25, -0.2) is 4.98 Å². The number of halogens is 3. The fourth-order valence-electron chi connectivity index (χ4n) is 5.00. The van der Waals surface area contributed by atoms with Crippen LogP contribution in [0.5, 0.6) is 11.6 Å². The lowest BCUT2D eigenvalue weighted by atomic mass is 9.84. The van der Waals surface area contributed by atoms with E-state index >= 15 is 0 Å². The van der Waals surface area contributed by atoms with E-state index in [1.54, 1.807) is 30.2 Å². The topological polar surface area (TPSA) is 81.5 Å². The summed E-state index contributed by atoms with van der Waals surface area (Å²) >= 11 is 0. The molecule has 2 aromatic heterocycles. The Morgan fingerprint density at radius 2 is 1.95 bits per heavy atom. The largest absolute Gasteiger partial charge is 0.480 e. The molecule has 0 aromatic carbocycles. The maximum absolute atomic E-state index is 12.8. The molecule has 2 aliphatic rings. The van der Waals surface area contributed by atoms with Gasteiger partial charge in [0.25, 0.3) is 5.91 Å². The zero-order valence-corrected chi connectivity index (χ0v) is 21.5. The number of hydrogen-bond acceptors (Lipinski definition) is 6. The van der Waals surface area contributed by atoms with Gasteiger partial charge in [0.1, 0.15) is 0 Å². The van der Waals surface area contributed by atoms with Crippen molar-refractivity contribution >= 4 is 5.91 Å². The van der Waals surface area contributed by atoms with Gasteiger partial charge in [-0.2, -0.15) is 18.3 Å². The van der Waals surface area contributed by atoms with E-state index in [0.29, 0.717) is 18.1 Å². The average molecular weight is 524 g/mol. The number of pyridine rings is 1. The van der Waals surface area contributed by atoms with Crippen LogP contribution in [0.25, 0.3) is 0 Å². The first-order valence-corrected chi connectivity index (χ1v) is 13.0. The number of ether oxygens (including phenoxy) is 2. The van der Waals surface area contributed by atoms with Crippen molar-refractivity contribution in [2.45, 2.75) is 70.2 Å². The first-order valence-electron chi connectivity index (χ1n) is 13.0. The van der Waals surface area contributed by atoms with Crippen molar-refractivity contribution in [1.82, 2.24) is 25.0 Å². The van der Waals surface area contributed by atoms with E-state index in [1.165, 1.54) is 0 Å². The van der Waals surface area contributed by atoms with Crippen molar-refractivity contribution in [1.29, 1.82) is 0 Å². The highest BCUT2D eigenvalue weighted by atomic mass is 19.4. The molecule has 1 fully saturated rings. The lowest BCUT2D eigenvalue weighted by molar-refractivity contribution is -0.190. The monoisotopic (exact) mass is 523 g/mol. The molecule has 2 aromatic rings. The Bertz CT molecular complexity index is 1040. The number of carbonyl (C=O) groups is 1. The molecular formula is C26H36F3N5O3. The summed E-state index contributed by atoms with van der Waals surface area (Å²) in [5, 5.41) is 7.10. The summed E-state index contributed by atoms with van der Waals surface area (Å²) in [5.41, 5.74) is 1.91. The van der Waals surface area contributed by atoms with Crippen molar-refractivity contribution in [2.24, 2.45) is 13.0 Å². The van der Waals surface area contributed by atoms with Crippen LogP contribution in [0.3, 0.4) is 0 Å². The predicted molar refractivity (Wildman–Crippen MR) is 131 cm³/mol. The summed E-state index contributed by atoms with van der Waals surface area (Å²) in [6, 6.07) is 3.58. The lowest BCUT2D eigenvalue weighted by Gasteiger charge is -2.30. The van der Waals surface area contributed by atoms with Crippen LogP contribution >= 0.6 is 0 Å². The summed E-state index contributed by atoms with van der Waals surface area (Å²) in [4.78, 5) is 19.0. The standard InChI is InChI=1S/C26H36F3N5O3/c1-18(26(27,28)29)37-25-8-5-20-10-13-34(14-11-23(20)32-25)12-9-19-3-6-21(7-4-19)31-24(35)17-36-22-15-30-33(2)16-22/h5,8,15-16,18-19,21H,3-4,6-7,9-14,17H2,1-2H3,(H,31,35)/t18-,19-,21-/m1/s1. The molecule has 4 rings (SSSR count). The van der Waals surface area contributed by atoms with Crippen LogP contribution in [0.15, 0.2) is 24.5 Å². The second-order valence-electron chi connectivity index (χ2n) is 10.1. The van der Waals surface area contributed by atoms with Crippen molar-refractivity contribution in [3.05, 3.63) is 35.8 Å². The van der Waals surface area contributed by atoms with E-state index in [0.717, 1.165) is 76.3 Å². The van der Waals surface area contributed by atoms with Crippen LogP contribution < -0.4 is 14.8 Å². The van der Waals surface area contributed by atoms with E-state index in [-0.39, 0.29) is 24.4 Å². The van der Waals surface area contributed by atoms with E-state index < -0.39 is 12.3 Å². The summed E-state index contributed by atoms with van der Waals surface area (Å²) in [5.74, 6) is 1.14. The van der Waals surface area contributed by atoms with Crippen LogP contribution in [0.2, 0.25) is 0 Å². The Labute approximate surface area is 215 Å². The maximum atomic E-state index is 12.8. The third kappa shape index (κ3) is 8.08. The van der Waals surface area contributed by atoms with Gasteiger partial charge in [0.05, 0.1) is 12.4 Å². The van der Waals surface area contributed by atoms with E-state index in [2.05, 4.69) is 20.3 Å². The van der Waals surface area contributed by atoms with Crippen molar-refractivity contribution in [3.8, 4) is 11.6 Å². The Morgan fingerprint density at radius 1 is 1.19 bits per heavy atom. The molecule has 1 atom stereocenters. The van der Waals surface area contributed by atoms with Crippen LogP contribution in [0.4, 0.5) is 13.2 Å². The lowest BCUT2D eigenvalue weighted by Crippen LogP contribution is -2.40. The molecule has 1 aliphatic carbocycles. The molecule has 0 bridgehead atoms. The molecule has 1 N–H and O–H groups in total. The number of nitrogens with one attached hydrogen (secondary N) is 1. The van der Waals surface area contributed by atoms with Gasteiger partial charge >= 0.3 is 6.18 Å². The molecule has 0 radical (unpaired) electrons. The predicted octanol–water partition coefficient (Wildman–Crippen LogP) is 3.69. The molecule has 0 saturated heterocycles. The summed E-state index contributed by atoms with van der Waals surface area (Å²) in [7, 11) is 1.80. The second kappa shape index (κ2) is 12.1. The summed E-state index contributed by atoms with van der Waals surface area (Å²) in [6.45, 7) is 3.72. The zero-order chi connectivity index (χ0) is 26.4. The Balaban J connectivity index is 1.15. The van der Waals surface area contributed by atoms with Gasteiger partial charge in [-0.3, -0.25) is 9.48 Å². The van der Waals surface area contributed by atoms with Gasteiger partial charge in [0.2, 0.25) is 5.88 Å². The molecule has 0 spiro atoms. The highest BCUT2D eigenvalue weighted by Gasteiger charge is 2.38. The maximum Gasteiger partial charge on any atom is 0.425 e. The van der Waals surface area contributed by atoms with E-state index in [1.807, 2.05) is 6.07 Å². The highest BCUT2D eigenvalue weighted by molar-refractivity contribution is 5.77. The van der Waals surface area contributed by atoms with Gasteiger partial charge in [-0.05, 0) is 63.5 Å². The number of nitrogens with zero attached hydrogens (tertiary/aromatic N) is 4. The third-order valence-electron chi connectivity index (χ3n) is 7.28. The second-order valence-corrected chi connectivity index (χ2v) is 10.1. The van der Waals surface area contributed by atoms with Crippen LogP contribution in [-0.2, 0) is 24.7 Å². The fourth-order valence-corrected chi connectivity index (χ4v) is 5.00. The molecule has 0 unspecified atom stereocenters. The molecule has 1 saturated carbocycles. The molecular weight excluding hydrogens is 487 g/mol. The van der Waals surface area contributed by atoms with Crippen molar-refractivity contribution < 1.29 is 27.4 Å². The Morgan fingerprint density at radius 3 is 2.65 bits per heavy atom. The Kier molecular flexibility index (Phi) is 8.94. The summed E-state index contributed by atoms with van der Waals surface area (Å²) in [6.07, 6.45) is 3.76. The Hall–Kier alpha value is -2.82. The van der Waals surface area contributed by atoms with Gasteiger partial charge in [0, 0.05) is 44.4 Å². The van der Waals surface area contributed by atoms with Crippen molar-refractivity contribution in [3.63, 3.8) is 0 Å². The molecule has 11 heteroatoms. The SMILES string of the molecule is C[C@@H](Oc1ccc2c(n1)CCN(CC[C@H]1CC[C@H](NC(=O)COc3cnn(C)c3)CC1)CC2)C(F)(F)F. The number of carbonyl (C=O) groups excluding carboxylic acids is 1. The number of alkyl halides is 3. The number of fused-ring (bicyclic) bond motifs is 1. The van der Waals surface area contributed by atoms with Crippen LogP contribution in [0.1, 0.15) is 50.3 Å². The van der Waals surface area contributed by atoms with Gasteiger partial charge in [-0.1, -0.05) is 6.07 Å².